The summed E-state index contributed by atoms with van der Waals surface area (Å²) in [6.45, 7) is 1.78. The van der Waals surface area contributed by atoms with Crippen LogP contribution in [0.5, 0.6) is 28.7 Å². The molecule has 29 heavy (non-hydrogen) atoms. The second kappa shape index (κ2) is 9.77. The highest BCUT2D eigenvalue weighted by Gasteiger charge is 2.14. The summed E-state index contributed by atoms with van der Waals surface area (Å²) >= 11 is 0. The Morgan fingerprint density at radius 2 is 1.62 bits per heavy atom. The average Bonchev–Trinajstić information content (AvgIpc) is 3.00. The van der Waals surface area contributed by atoms with Gasteiger partial charge < -0.3 is 34.3 Å². The standard InChI is InChI=1S/C21H27N3O5/c1-22-21(24-15-6-7-16-20(11-15)29-9-5-8-28-16)23-13-14-10-18(26-3)19(27-4)12-17(14)25-2/h6-7,10-12H,5,8-9,13H2,1-4H3,(H2,22,23,24). The largest absolute Gasteiger partial charge is 0.496 e. The number of benzene rings is 2. The maximum Gasteiger partial charge on any atom is 0.195 e. The van der Waals surface area contributed by atoms with Gasteiger partial charge in [0, 0.05) is 43.4 Å². The number of fused-ring (bicyclic) bond motifs is 1. The third-order valence-electron chi connectivity index (χ3n) is 4.47. The monoisotopic (exact) mass is 401 g/mol. The molecule has 1 aliphatic rings. The summed E-state index contributed by atoms with van der Waals surface area (Å²) in [6.07, 6.45) is 0.869. The van der Waals surface area contributed by atoms with Crippen LogP contribution in [0, 0.1) is 0 Å². The molecule has 2 aromatic carbocycles. The molecule has 0 aromatic heterocycles. The van der Waals surface area contributed by atoms with E-state index >= 15 is 0 Å². The summed E-state index contributed by atoms with van der Waals surface area (Å²) in [5.41, 5.74) is 1.76. The SMILES string of the molecule is CN=C(NCc1cc(OC)c(OC)cc1OC)Nc1ccc2c(c1)OCCCO2. The highest BCUT2D eigenvalue weighted by molar-refractivity contribution is 5.93. The molecule has 0 radical (unpaired) electrons. The van der Waals surface area contributed by atoms with Crippen molar-refractivity contribution in [3.8, 4) is 28.7 Å². The number of hydrogen-bond acceptors (Lipinski definition) is 6. The van der Waals surface area contributed by atoms with E-state index in [1.54, 1.807) is 34.4 Å². The molecule has 0 spiro atoms. The first kappa shape index (κ1) is 20.4. The minimum atomic E-state index is 0.480. The number of anilines is 1. The first-order valence-corrected chi connectivity index (χ1v) is 9.34. The van der Waals surface area contributed by atoms with Crippen LogP contribution in [0.3, 0.4) is 0 Å². The molecule has 0 saturated carbocycles. The van der Waals surface area contributed by atoms with Crippen molar-refractivity contribution in [1.29, 1.82) is 0 Å². The van der Waals surface area contributed by atoms with Crippen molar-refractivity contribution in [2.45, 2.75) is 13.0 Å². The number of rotatable bonds is 6. The van der Waals surface area contributed by atoms with Crippen molar-refractivity contribution in [3.05, 3.63) is 35.9 Å². The smallest absolute Gasteiger partial charge is 0.195 e. The Balaban J connectivity index is 1.71. The van der Waals surface area contributed by atoms with Crippen LogP contribution in [0.2, 0.25) is 0 Å². The maximum absolute atomic E-state index is 5.74. The zero-order valence-corrected chi connectivity index (χ0v) is 17.2. The fraction of sp³-hybridized carbons (Fsp3) is 0.381. The Morgan fingerprint density at radius 3 is 2.31 bits per heavy atom. The lowest BCUT2D eigenvalue weighted by molar-refractivity contribution is 0.297. The van der Waals surface area contributed by atoms with Gasteiger partial charge in [-0.05, 0) is 18.2 Å². The Bertz CT molecular complexity index is 870. The van der Waals surface area contributed by atoms with Gasteiger partial charge in [-0.2, -0.15) is 0 Å². The van der Waals surface area contributed by atoms with Crippen LogP contribution in [0.15, 0.2) is 35.3 Å². The molecule has 1 heterocycles. The molecule has 156 valence electrons. The maximum atomic E-state index is 5.74. The number of guanidine groups is 1. The lowest BCUT2D eigenvalue weighted by atomic mass is 10.1. The summed E-state index contributed by atoms with van der Waals surface area (Å²) in [6, 6.07) is 9.41. The molecule has 1 aliphatic heterocycles. The van der Waals surface area contributed by atoms with Crippen LogP contribution < -0.4 is 34.3 Å². The quantitative estimate of drug-likeness (QED) is 0.569. The van der Waals surface area contributed by atoms with E-state index in [0.29, 0.717) is 43.0 Å². The van der Waals surface area contributed by atoms with Crippen LogP contribution in [-0.2, 0) is 6.54 Å². The fourth-order valence-electron chi connectivity index (χ4n) is 2.97. The highest BCUT2D eigenvalue weighted by atomic mass is 16.5. The van der Waals surface area contributed by atoms with Gasteiger partial charge in [-0.1, -0.05) is 0 Å². The average molecular weight is 401 g/mol. The number of aliphatic imine (C=N–C) groups is 1. The van der Waals surface area contributed by atoms with Crippen LogP contribution in [-0.4, -0.2) is 47.6 Å². The number of hydrogen-bond donors (Lipinski definition) is 2. The Hall–Kier alpha value is -3.29. The van der Waals surface area contributed by atoms with Crippen molar-refractivity contribution in [2.24, 2.45) is 4.99 Å². The lowest BCUT2D eigenvalue weighted by Gasteiger charge is -2.17. The van der Waals surface area contributed by atoms with Crippen LogP contribution >= 0.6 is 0 Å². The van der Waals surface area contributed by atoms with Gasteiger partial charge in [0.15, 0.2) is 29.0 Å². The second-order valence-electron chi connectivity index (χ2n) is 6.28. The van der Waals surface area contributed by atoms with E-state index in [4.69, 9.17) is 23.7 Å². The number of nitrogens with one attached hydrogen (secondary N) is 2. The van der Waals surface area contributed by atoms with Gasteiger partial charge in [-0.3, -0.25) is 4.99 Å². The number of methoxy groups -OCH3 is 3. The summed E-state index contributed by atoms with van der Waals surface area (Å²) < 4.78 is 27.6. The first-order chi connectivity index (χ1) is 14.2. The van der Waals surface area contributed by atoms with Crippen LogP contribution in [0.25, 0.3) is 0 Å². The molecule has 0 fully saturated rings. The van der Waals surface area contributed by atoms with E-state index < -0.39 is 0 Å². The summed E-state index contributed by atoms with van der Waals surface area (Å²) in [5, 5.41) is 6.55. The van der Waals surface area contributed by atoms with Gasteiger partial charge in [0.1, 0.15) is 5.75 Å². The number of ether oxygens (including phenoxy) is 5. The van der Waals surface area contributed by atoms with Gasteiger partial charge in [-0.15, -0.1) is 0 Å². The lowest BCUT2D eigenvalue weighted by Crippen LogP contribution is -2.30. The highest BCUT2D eigenvalue weighted by Crippen LogP contribution is 2.35. The predicted octanol–water partition coefficient (Wildman–Crippen LogP) is 3.06. The summed E-state index contributed by atoms with van der Waals surface area (Å²) in [7, 11) is 6.53. The Labute approximate surface area is 170 Å². The molecule has 8 heteroatoms. The third kappa shape index (κ3) is 4.96. The topological polar surface area (TPSA) is 82.6 Å². The molecule has 0 aliphatic carbocycles. The van der Waals surface area contributed by atoms with Crippen molar-refractivity contribution < 1.29 is 23.7 Å². The molecule has 3 rings (SSSR count). The van der Waals surface area contributed by atoms with Crippen molar-refractivity contribution >= 4 is 11.6 Å². The van der Waals surface area contributed by atoms with E-state index in [1.165, 1.54) is 0 Å². The van der Waals surface area contributed by atoms with E-state index in [-0.39, 0.29) is 0 Å². The summed E-state index contributed by atoms with van der Waals surface area (Å²) in [4.78, 5) is 4.29. The minimum Gasteiger partial charge on any atom is -0.496 e. The zero-order chi connectivity index (χ0) is 20.6. The fourth-order valence-corrected chi connectivity index (χ4v) is 2.97. The van der Waals surface area contributed by atoms with Gasteiger partial charge >= 0.3 is 0 Å². The molecular formula is C21H27N3O5. The van der Waals surface area contributed by atoms with Gasteiger partial charge in [0.05, 0.1) is 34.5 Å². The van der Waals surface area contributed by atoms with E-state index in [1.807, 2.05) is 24.3 Å². The van der Waals surface area contributed by atoms with Crippen molar-refractivity contribution in [1.82, 2.24) is 5.32 Å². The number of nitrogens with zero attached hydrogens (tertiary/aromatic N) is 1. The second-order valence-corrected chi connectivity index (χ2v) is 6.28. The molecular weight excluding hydrogens is 374 g/mol. The molecule has 8 nitrogen and oxygen atoms in total. The van der Waals surface area contributed by atoms with Crippen LogP contribution in [0.4, 0.5) is 5.69 Å². The summed E-state index contributed by atoms with van der Waals surface area (Å²) in [5.74, 6) is 4.03. The van der Waals surface area contributed by atoms with Gasteiger partial charge in [0.25, 0.3) is 0 Å². The minimum absolute atomic E-state index is 0.480. The molecule has 0 bridgehead atoms. The van der Waals surface area contributed by atoms with Gasteiger partial charge in [0.2, 0.25) is 0 Å². The molecule has 2 N–H and O–H groups in total. The van der Waals surface area contributed by atoms with E-state index in [2.05, 4.69) is 15.6 Å². The van der Waals surface area contributed by atoms with E-state index in [9.17, 15) is 0 Å². The van der Waals surface area contributed by atoms with Crippen LogP contribution in [0.1, 0.15) is 12.0 Å². The van der Waals surface area contributed by atoms with Gasteiger partial charge in [-0.25, -0.2) is 0 Å². The van der Waals surface area contributed by atoms with Crippen molar-refractivity contribution in [3.63, 3.8) is 0 Å². The Morgan fingerprint density at radius 1 is 0.931 bits per heavy atom. The zero-order valence-electron chi connectivity index (χ0n) is 17.2. The third-order valence-corrected chi connectivity index (χ3v) is 4.47. The Kier molecular flexibility index (Phi) is 6.89. The first-order valence-electron chi connectivity index (χ1n) is 9.34. The molecule has 2 aromatic rings. The normalized spacial score (nSPS) is 13.3. The predicted molar refractivity (Wildman–Crippen MR) is 112 cm³/mol. The van der Waals surface area contributed by atoms with E-state index in [0.717, 1.165) is 29.2 Å². The van der Waals surface area contributed by atoms with Crippen molar-refractivity contribution in [2.75, 3.05) is 46.9 Å². The molecule has 0 unspecified atom stereocenters. The molecule has 0 saturated heterocycles. The molecule has 0 atom stereocenters. The molecule has 0 amide bonds.